The lowest BCUT2D eigenvalue weighted by molar-refractivity contribution is 0.0511. The van der Waals surface area contributed by atoms with Crippen molar-refractivity contribution < 1.29 is 9.53 Å². The average molecular weight is 290 g/mol. The Hall–Kier alpha value is -1.55. The lowest BCUT2D eigenvalue weighted by Gasteiger charge is -2.32. The van der Waals surface area contributed by atoms with Gasteiger partial charge in [0.05, 0.1) is 5.54 Å². The van der Waals surface area contributed by atoms with Gasteiger partial charge in [-0.15, -0.1) is 0 Å². The Balaban J connectivity index is 2.10. The molecule has 116 valence electrons. The fraction of sp³-hybridized carbons (Fsp3) is 0.588. The van der Waals surface area contributed by atoms with Gasteiger partial charge in [0.2, 0.25) is 0 Å². The summed E-state index contributed by atoms with van der Waals surface area (Å²) in [6.07, 6.45) is 1.78. The minimum absolute atomic E-state index is 0.178. The van der Waals surface area contributed by atoms with Crippen LogP contribution in [0.1, 0.15) is 44.7 Å². The number of alkyl carbamates (subject to hydrolysis) is 1. The highest BCUT2D eigenvalue weighted by Crippen LogP contribution is 2.32. The molecule has 1 aromatic carbocycles. The van der Waals surface area contributed by atoms with Gasteiger partial charge in [0.1, 0.15) is 5.60 Å². The molecule has 1 saturated heterocycles. The number of nitrogens with one attached hydrogen (secondary N) is 2. The van der Waals surface area contributed by atoms with Gasteiger partial charge in [0.25, 0.3) is 0 Å². The van der Waals surface area contributed by atoms with E-state index in [-0.39, 0.29) is 11.6 Å². The largest absolute Gasteiger partial charge is 0.444 e. The van der Waals surface area contributed by atoms with E-state index < -0.39 is 5.60 Å². The Labute approximate surface area is 127 Å². The average Bonchev–Trinajstić information content (AvgIpc) is 2.85. The van der Waals surface area contributed by atoms with Gasteiger partial charge in [0.15, 0.2) is 0 Å². The first-order valence-electron chi connectivity index (χ1n) is 7.60. The number of aryl methyl sites for hydroxylation is 1. The maximum atomic E-state index is 11.9. The molecule has 1 aliphatic heterocycles. The van der Waals surface area contributed by atoms with Crippen LogP contribution in [0, 0.1) is 6.92 Å². The monoisotopic (exact) mass is 290 g/mol. The minimum atomic E-state index is -0.469. The summed E-state index contributed by atoms with van der Waals surface area (Å²) >= 11 is 0. The molecule has 21 heavy (non-hydrogen) atoms. The van der Waals surface area contributed by atoms with Crippen molar-refractivity contribution in [2.45, 2.75) is 51.7 Å². The first-order valence-corrected chi connectivity index (χ1v) is 7.60. The lowest BCUT2D eigenvalue weighted by Crippen LogP contribution is -2.48. The van der Waals surface area contributed by atoms with Crippen molar-refractivity contribution in [3.63, 3.8) is 0 Å². The van der Waals surface area contributed by atoms with E-state index >= 15 is 0 Å². The van der Waals surface area contributed by atoms with Crippen molar-refractivity contribution in [2.24, 2.45) is 0 Å². The number of ether oxygens (including phenoxy) is 1. The zero-order valence-corrected chi connectivity index (χ0v) is 13.5. The number of rotatable bonds is 3. The van der Waals surface area contributed by atoms with Gasteiger partial charge in [-0.3, -0.25) is 0 Å². The van der Waals surface area contributed by atoms with E-state index in [1.807, 2.05) is 26.8 Å². The SMILES string of the molecule is Cc1ccccc1C1(CNC(=O)OC(C)(C)C)CCCN1. The van der Waals surface area contributed by atoms with Crippen LogP contribution in [-0.2, 0) is 10.3 Å². The van der Waals surface area contributed by atoms with Crippen LogP contribution >= 0.6 is 0 Å². The van der Waals surface area contributed by atoms with Gasteiger partial charge in [-0.25, -0.2) is 4.79 Å². The smallest absolute Gasteiger partial charge is 0.407 e. The van der Waals surface area contributed by atoms with Crippen LogP contribution in [0.15, 0.2) is 24.3 Å². The molecule has 0 spiro atoms. The van der Waals surface area contributed by atoms with Gasteiger partial charge in [-0.1, -0.05) is 24.3 Å². The summed E-state index contributed by atoms with van der Waals surface area (Å²) in [6.45, 7) is 9.26. The highest BCUT2D eigenvalue weighted by molar-refractivity contribution is 5.67. The van der Waals surface area contributed by atoms with Crippen LogP contribution in [0.4, 0.5) is 4.79 Å². The Bertz CT molecular complexity index is 500. The van der Waals surface area contributed by atoms with Gasteiger partial charge in [-0.2, -0.15) is 0 Å². The number of hydrogen-bond donors (Lipinski definition) is 2. The van der Waals surface area contributed by atoms with E-state index in [1.165, 1.54) is 11.1 Å². The molecule has 0 saturated carbocycles. The molecular weight excluding hydrogens is 264 g/mol. The van der Waals surface area contributed by atoms with Crippen LogP contribution in [0.3, 0.4) is 0 Å². The predicted molar refractivity (Wildman–Crippen MR) is 84.3 cm³/mol. The molecule has 0 aliphatic carbocycles. The molecule has 4 nitrogen and oxygen atoms in total. The number of benzene rings is 1. The fourth-order valence-electron chi connectivity index (χ4n) is 2.93. The minimum Gasteiger partial charge on any atom is -0.444 e. The van der Waals surface area contributed by atoms with Crippen LogP contribution < -0.4 is 10.6 Å². The molecule has 0 aromatic heterocycles. The molecule has 1 fully saturated rings. The van der Waals surface area contributed by atoms with Gasteiger partial charge in [0, 0.05) is 6.54 Å². The molecule has 2 N–H and O–H groups in total. The Morgan fingerprint density at radius 2 is 2.10 bits per heavy atom. The number of carbonyl (C=O) groups excluding carboxylic acids is 1. The second-order valence-corrected chi connectivity index (χ2v) is 6.78. The second-order valence-electron chi connectivity index (χ2n) is 6.78. The first kappa shape index (κ1) is 15.8. The number of hydrogen-bond acceptors (Lipinski definition) is 3. The van der Waals surface area contributed by atoms with Crippen molar-refractivity contribution in [1.82, 2.24) is 10.6 Å². The van der Waals surface area contributed by atoms with Crippen molar-refractivity contribution in [3.05, 3.63) is 35.4 Å². The molecule has 1 heterocycles. The zero-order valence-electron chi connectivity index (χ0n) is 13.5. The first-order chi connectivity index (χ1) is 9.82. The van der Waals surface area contributed by atoms with Crippen molar-refractivity contribution in [1.29, 1.82) is 0 Å². The predicted octanol–water partition coefficient (Wildman–Crippen LogP) is 3.10. The summed E-state index contributed by atoms with van der Waals surface area (Å²) in [5.41, 5.74) is 1.86. The third kappa shape index (κ3) is 3.97. The Kier molecular flexibility index (Phi) is 4.57. The summed E-state index contributed by atoms with van der Waals surface area (Å²) in [4.78, 5) is 11.9. The van der Waals surface area contributed by atoms with Crippen LogP contribution in [-0.4, -0.2) is 24.8 Å². The Morgan fingerprint density at radius 3 is 2.67 bits per heavy atom. The van der Waals surface area contributed by atoms with E-state index in [0.717, 1.165) is 19.4 Å². The second kappa shape index (κ2) is 6.06. The molecule has 1 amide bonds. The van der Waals surface area contributed by atoms with Crippen molar-refractivity contribution in [2.75, 3.05) is 13.1 Å². The van der Waals surface area contributed by atoms with E-state index in [2.05, 4.69) is 35.8 Å². The van der Waals surface area contributed by atoms with Crippen molar-refractivity contribution >= 4 is 6.09 Å². The third-order valence-corrected chi connectivity index (χ3v) is 3.84. The summed E-state index contributed by atoms with van der Waals surface area (Å²) in [5.74, 6) is 0. The summed E-state index contributed by atoms with van der Waals surface area (Å²) < 4.78 is 5.33. The highest BCUT2D eigenvalue weighted by atomic mass is 16.6. The molecule has 4 heteroatoms. The highest BCUT2D eigenvalue weighted by Gasteiger charge is 2.36. The zero-order chi connectivity index (χ0) is 15.5. The van der Waals surface area contributed by atoms with Gasteiger partial charge >= 0.3 is 6.09 Å². The van der Waals surface area contributed by atoms with Crippen LogP contribution in [0.2, 0.25) is 0 Å². The van der Waals surface area contributed by atoms with Gasteiger partial charge < -0.3 is 15.4 Å². The number of amides is 1. The lowest BCUT2D eigenvalue weighted by atomic mass is 9.85. The molecule has 2 rings (SSSR count). The molecule has 1 unspecified atom stereocenters. The third-order valence-electron chi connectivity index (χ3n) is 3.84. The molecule has 0 radical (unpaired) electrons. The summed E-state index contributed by atoms with van der Waals surface area (Å²) in [6, 6.07) is 8.36. The summed E-state index contributed by atoms with van der Waals surface area (Å²) in [7, 11) is 0. The molecule has 0 bridgehead atoms. The quantitative estimate of drug-likeness (QED) is 0.899. The van der Waals surface area contributed by atoms with E-state index in [4.69, 9.17) is 4.74 Å². The molecule has 1 aliphatic rings. The molecule has 1 aromatic rings. The van der Waals surface area contributed by atoms with E-state index in [9.17, 15) is 4.79 Å². The maximum absolute atomic E-state index is 11.9. The normalized spacial score (nSPS) is 22.1. The van der Waals surface area contributed by atoms with E-state index in [1.54, 1.807) is 0 Å². The van der Waals surface area contributed by atoms with Gasteiger partial charge in [-0.05, 0) is 58.2 Å². The molecular formula is C17H26N2O2. The fourth-order valence-corrected chi connectivity index (χ4v) is 2.93. The van der Waals surface area contributed by atoms with Crippen LogP contribution in [0.5, 0.6) is 0 Å². The standard InChI is InChI=1S/C17H26N2O2/c1-13-8-5-6-9-14(13)17(10-7-11-19-17)12-18-15(20)21-16(2,3)4/h5-6,8-9,19H,7,10-12H2,1-4H3,(H,18,20). The topological polar surface area (TPSA) is 50.4 Å². The Morgan fingerprint density at radius 1 is 1.38 bits per heavy atom. The van der Waals surface area contributed by atoms with E-state index in [0.29, 0.717) is 6.54 Å². The number of carbonyl (C=O) groups is 1. The van der Waals surface area contributed by atoms with Crippen LogP contribution in [0.25, 0.3) is 0 Å². The summed E-state index contributed by atoms with van der Waals surface area (Å²) in [5, 5.41) is 6.50. The van der Waals surface area contributed by atoms with Crippen molar-refractivity contribution in [3.8, 4) is 0 Å². The molecule has 1 atom stereocenters. The maximum Gasteiger partial charge on any atom is 0.407 e.